The molecule has 24 heavy (non-hydrogen) atoms. The minimum Gasteiger partial charge on any atom is -0.342 e. The molecule has 1 atom stereocenters. The highest BCUT2D eigenvalue weighted by atomic mass is 32.1. The largest absolute Gasteiger partial charge is 0.342 e. The number of nitrogens with zero attached hydrogens (tertiary/aromatic N) is 2. The van der Waals surface area contributed by atoms with Crippen LogP contribution in [0.1, 0.15) is 24.8 Å². The van der Waals surface area contributed by atoms with Gasteiger partial charge in [0.15, 0.2) is 0 Å². The molecule has 0 spiro atoms. The van der Waals surface area contributed by atoms with E-state index in [2.05, 4.69) is 10.3 Å². The quantitative estimate of drug-likeness (QED) is 0.930. The van der Waals surface area contributed by atoms with Crippen LogP contribution in [0, 0.1) is 12.8 Å². The van der Waals surface area contributed by atoms with Crippen molar-refractivity contribution in [1.29, 1.82) is 0 Å². The van der Waals surface area contributed by atoms with Gasteiger partial charge in [0.25, 0.3) is 0 Å². The van der Waals surface area contributed by atoms with Crippen LogP contribution in [0.2, 0.25) is 0 Å². The van der Waals surface area contributed by atoms with Gasteiger partial charge in [0, 0.05) is 36.6 Å². The molecule has 0 saturated carbocycles. The molecule has 1 aliphatic rings. The van der Waals surface area contributed by atoms with Crippen molar-refractivity contribution in [2.45, 2.75) is 26.7 Å². The smallest absolute Gasteiger partial charge is 0.229 e. The third-order valence-electron chi connectivity index (χ3n) is 4.30. The first-order valence-electron chi connectivity index (χ1n) is 8.12. The molecule has 2 amide bonds. The van der Waals surface area contributed by atoms with E-state index in [9.17, 15) is 9.59 Å². The zero-order chi connectivity index (χ0) is 17.1. The highest BCUT2D eigenvalue weighted by Crippen LogP contribution is 2.24. The van der Waals surface area contributed by atoms with E-state index in [-0.39, 0.29) is 17.7 Å². The Hall–Kier alpha value is -2.21. The number of benzene rings is 1. The molecule has 0 aliphatic carbocycles. The van der Waals surface area contributed by atoms with Crippen molar-refractivity contribution < 1.29 is 9.59 Å². The zero-order valence-corrected chi connectivity index (χ0v) is 14.7. The number of hydrogen-bond acceptors (Lipinski definition) is 4. The van der Waals surface area contributed by atoms with Gasteiger partial charge in [-0.25, -0.2) is 4.98 Å². The Balaban J connectivity index is 1.63. The lowest BCUT2D eigenvalue weighted by Gasteiger charge is -2.31. The molecule has 6 heteroatoms. The van der Waals surface area contributed by atoms with E-state index < -0.39 is 0 Å². The van der Waals surface area contributed by atoms with Crippen molar-refractivity contribution >= 4 is 28.8 Å². The molecule has 1 aromatic carbocycles. The van der Waals surface area contributed by atoms with Gasteiger partial charge in [-0.2, -0.15) is 0 Å². The Bertz CT molecular complexity index is 739. The number of anilines is 1. The molecule has 2 aromatic rings. The Morgan fingerprint density at radius 1 is 1.29 bits per heavy atom. The molecule has 1 aromatic heterocycles. The fraction of sp³-hybridized carbons (Fsp3) is 0.389. The van der Waals surface area contributed by atoms with Crippen LogP contribution in [0.25, 0.3) is 11.3 Å². The molecule has 0 bridgehead atoms. The number of aromatic nitrogens is 1. The Kier molecular flexibility index (Phi) is 4.94. The number of piperidine rings is 1. The second kappa shape index (κ2) is 7.13. The maximum Gasteiger partial charge on any atom is 0.229 e. The van der Waals surface area contributed by atoms with Gasteiger partial charge >= 0.3 is 0 Å². The van der Waals surface area contributed by atoms with Gasteiger partial charge in [0.1, 0.15) is 0 Å². The van der Waals surface area contributed by atoms with E-state index in [0.717, 1.165) is 41.3 Å². The summed E-state index contributed by atoms with van der Waals surface area (Å²) in [6.45, 7) is 4.80. The molecule has 1 aliphatic heterocycles. The number of amides is 2. The number of aryl methyl sites for hydroxylation is 1. The van der Waals surface area contributed by atoms with E-state index >= 15 is 0 Å². The molecular formula is C18H21N3O2S. The Labute approximate surface area is 145 Å². The van der Waals surface area contributed by atoms with Gasteiger partial charge in [-0.1, -0.05) is 12.1 Å². The zero-order valence-electron chi connectivity index (χ0n) is 13.9. The lowest BCUT2D eigenvalue weighted by atomic mass is 9.97. The molecule has 126 valence electrons. The summed E-state index contributed by atoms with van der Waals surface area (Å²) < 4.78 is 0. The summed E-state index contributed by atoms with van der Waals surface area (Å²) in [7, 11) is 0. The normalized spacial score (nSPS) is 17.6. The van der Waals surface area contributed by atoms with Gasteiger partial charge in [0.05, 0.1) is 16.6 Å². The summed E-state index contributed by atoms with van der Waals surface area (Å²) in [6, 6.07) is 7.72. The minimum atomic E-state index is -0.136. The topological polar surface area (TPSA) is 62.3 Å². The van der Waals surface area contributed by atoms with Crippen LogP contribution >= 0.6 is 11.3 Å². The van der Waals surface area contributed by atoms with E-state index in [1.165, 1.54) is 0 Å². The second-order valence-corrected chi connectivity index (χ2v) is 7.18. The minimum absolute atomic E-state index is 0.0156. The fourth-order valence-corrected chi connectivity index (χ4v) is 3.56. The van der Waals surface area contributed by atoms with Gasteiger partial charge in [-0.15, -0.1) is 11.3 Å². The molecule has 0 radical (unpaired) electrons. The average molecular weight is 343 g/mol. The first-order chi connectivity index (χ1) is 11.5. The van der Waals surface area contributed by atoms with Crippen LogP contribution < -0.4 is 5.32 Å². The van der Waals surface area contributed by atoms with E-state index in [1.54, 1.807) is 23.2 Å². The van der Waals surface area contributed by atoms with Crippen molar-refractivity contribution in [2.75, 3.05) is 18.4 Å². The van der Waals surface area contributed by atoms with Crippen LogP contribution in [-0.4, -0.2) is 34.8 Å². The predicted molar refractivity (Wildman–Crippen MR) is 95.9 cm³/mol. The summed E-state index contributed by atoms with van der Waals surface area (Å²) in [5.41, 5.74) is 2.77. The number of hydrogen-bond donors (Lipinski definition) is 1. The number of nitrogens with one attached hydrogen (secondary N) is 1. The van der Waals surface area contributed by atoms with E-state index in [4.69, 9.17) is 0 Å². The lowest BCUT2D eigenvalue weighted by molar-refractivity contribution is -0.132. The number of carbonyl (C=O) groups is 2. The van der Waals surface area contributed by atoms with Crippen LogP contribution in [0.5, 0.6) is 0 Å². The van der Waals surface area contributed by atoms with Crippen molar-refractivity contribution in [2.24, 2.45) is 5.92 Å². The summed E-state index contributed by atoms with van der Waals surface area (Å²) in [5.74, 6) is -0.114. The maximum absolute atomic E-state index is 12.4. The van der Waals surface area contributed by atoms with Crippen LogP contribution in [-0.2, 0) is 9.59 Å². The molecule has 5 nitrogen and oxygen atoms in total. The highest BCUT2D eigenvalue weighted by molar-refractivity contribution is 7.09. The summed E-state index contributed by atoms with van der Waals surface area (Å²) in [6.07, 6.45) is 1.70. The average Bonchev–Trinajstić information content (AvgIpc) is 3.02. The first-order valence-corrected chi connectivity index (χ1v) is 9.00. The van der Waals surface area contributed by atoms with Crippen molar-refractivity contribution in [3.8, 4) is 11.3 Å². The fourth-order valence-electron chi connectivity index (χ4n) is 2.94. The molecule has 1 saturated heterocycles. The second-order valence-electron chi connectivity index (χ2n) is 6.12. The first kappa shape index (κ1) is 16.6. The highest BCUT2D eigenvalue weighted by Gasteiger charge is 2.26. The lowest BCUT2D eigenvalue weighted by Crippen LogP contribution is -2.42. The van der Waals surface area contributed by atoms with Gasteiger partial charge < -0.3 is 10.2 Å². The Morgan fingerprint density at radius 3 is 2.67 bits per heavy atom. The van der Waals surface area contributed by atoms with Crippen LogP contribution in [0.15, 0.2) is 29.6 Å². The number of carbonyl (C=O) groups excluding carboxylic acids is 2. The van der Waals surface area contributed by atoms with Gasteiger partial charge in [-0.05, 0) is 31.9 Å². The third-order valence-corrected chi connectivity index (χ3v) is 5.08. The van der Waals surface area contributed by atoms with Gasteiger partial charge in [-0.3, -0.25) is 9.59 Å². The maximum atomic E-state index is 12.4. The summed E-state index contributed by atoms with van der Waals surface area (Å²) in [4.78, 5) is 30.1. The van der Waals surface area contributed by atoms with Gasteiger partial charge in [0.2, 0.25) is 11.8 Å². The number of rotatable bonds is 3. The Morgan fingerprint density at radius 2 is 2.04 bits per heavy atom. The molecule has 0 unspecified atom stereocenters. The molecule has 1 N–H and O–H groups in total. The van der Waals surface area contributed by atoms with Crippen molar-refractivity contribution in [1.82, 2.24) is 9.88 Å². The van der Waals surface area contributed by atoms with Crippen molar-refractivity contribution in [3.63, 3.8) is 0 Å². The molecule has 3 rings (SSSR count). The van der Waals surface area contributed by atoms with E-state index in [0.29, 0.717) is 6.54 Å². The van der Waals surface area contributed by atoms with E-state index in [1.807, 2.05) is 36.6 Å². The standard InChI is InChI=1S/C18H21N3O2S/c1-12-19-17(11-24-12)14-5-7-16(8-6-14)20-18(23)15-4-3-9-21(10-15)13(2)22/h5-8,11,15H,3-4,9-10H2,1-2H3,(H,20,23)/t15-/m0/s1. The molecular weight excluding hydrogens is 322 g/mol. The molecule has 2 heterocycles. The van der Waals surface area contributed by atoms with Crippen LogP contribution in [0.3, 0.4) is 0 Å². The van der Waals surface area contributed by atoms with Crippen molar-refractivity contribution in [3.05, 3.63) is 34.7 Å². The monoisotopic (exact) mass is 343 g/mol. The SMILES string of the molecule is CC(=O)N1CCC[C@H](C(=O)Nc2ccc(-c3csc(C)n3)cc2)C1. The van der Waals surface area contributed by atoms with Crippen LogP contribution in [0.4, 0.5) is 5.69 Å². The molecule has 1 fully saturated rings. The number of likely N-dealkylation sites (tertiary alicyclic amines) is 1. The summed E-state index contributed by atoms with van der Waals surface area (Å²) >= 11 is 1.62. The number of thiazole rings is 1. The predicted octanol–water partition coefficient (Wildman–Crippen LogP) is 3.32. The third kappa shape index (κ3) is 3.82. The summed E-state index contributed by atoms with van der Waals surface area (Å²) in [5, 5.41) is 6.03.